The number of benzene rings is 3. The summed E-state index contributed by atoms with van der Waals surface area (Å²) in [6, 6.07) is 22.8. The summed E-state index contributed by atoms with van der Waals surface area (Å²) in [5.41, 5.74) is 5.82. The van der Waals surface area contributed by atoms with Crippen LogP contribution in [0.5, 0.6) is 11.5 Å². The summed E-state index contributed by atoms with van der Waals surface area (Å²) >= 11 is 1.71. The number of pyridine rings is 5. The van der Waals surface area contributed by atoms with Crippen LogP contribution < -0.4 is 15.0 Å². The van der Waals surface area contributed by atoms with Crippen molar-refractivity contribution in [2.45, 2.75) is 216 Å². The molecule has 8 aromatic heterocycles. The monoisotopic (exact) mass is 1600 g/mol. The molecular weight excluding hydrogens is 1500 g/mol. The van der Waals surface area contributed by atoms with Gasteiger partial charge >= 0.3 is 24.7 Å². The molecule has 0 N–H and O–H groups in total. The lowest BCUT2D eigenvalue weighted by Gasteiger charge is -2.16. The van der Waals surface area contributed by atoms with Gasteiger partial charge in [0.1, 0.15) is 17.3 Å². The number of hydrogen-bond donors (Lipinski definition) is 0. The van der Waals surface area contributed by atoms with E-state index >= 15 is 0 Å². The molecule has 1 saturated carbocycles. The second-order valence-corrected chi connectivity index (χ2v) is 29.5. The second-order valence-electron chi connectivity index (χ2n) is 28.6. The van der Waals surface area contributed by atoms with Gasteiger partial charge in [-0.25, -0.2) is 23.1 Å². The van der Waals surface area contributed by atoms with Crippen molar-refractivity contribution >= 4 is 43.2 Å². The van der Waals surface area contributed by atoms with Crippen molar-refractivity contribution in [1.82, 2.24) is 49.7 Å². The SMILES string of the molecule is CC(C)c1cc(F)c(F)cc1OC1CC1.CC(C)c1cc2cnccc2n(C)c1=O.CC(C)c1cccc2scnc12.CC(C)c1ncc2ccccc2c1C(F)(F)F.CC(C)c1nccnc1C(F)(F)F.COc1cc(F)cnc1C(C)C.Cc1cc(C(F)(F)F)c(C(C)C)nn1.Cc1ccnc(C(C)C)c1C(F)(F)F. The summed E-state index contributed by atoms with van der Waals surface area (Å²) in [4.78, 5) is 39.0. The van der Waals surface area contributed by atoms with Gasteiger partial charge in [-0.15, -0.1) is 11.3 Å². The molecule has 0 saturated heterocycles. The van der Waals surface area contributed by atoms with E-state index in [1.807, 2.05) is 59.2 Å². The zero-order valence-electron chi connectivity index (χ0n) is 66.1. The van der Waals surface area contributed by atoms with E-state index in [4.69, 9.17) is 9.47 Å². The summed E-state index contributed by atoms with van der Waals surface area (Å²) < 4.78 is 204. The summed E-state index contributed by atoms with van der Waals surface area (Å²) in [6.07, 6.45) is -5.27. The molecule has 0 aliphatic heterocycles. The Labute approximate surface area is 647 Å². The van der Waals surface area contributed by atoms with Crippen LogP contribution in [0.2, 0.25) is 0 Å². The van der Waals surface area contributed by atoms with E-state index in [-0.39, 0.29) is 98.3 Å². The number of thiazole rings is 1. The maximum Gasteiger partial charge on any atom is 0.435 e. The number of alkyl halides is 12. The molecule has 112 heavy (non-hydrogen) atoms. The van der Waals surface area contributed by atoms with Crippen LogP contribution in [0.3, 0.4) is 0 Å². The Hall–Kier alpha value is -9.67. The molecular formula is C83H95F15N10O3S. The molecule has 1 fully saturated rings. The smallest absolute Gasteiger partial charge is 0.435 e. The number of aromatic nitrogens is 10. The number of aryl methyl sites for hydroxylation is 3. The third kappa shape index (κ3) is 26.5. The summed E-state index contributed by atoms with van der Waals surface area (Å²) in [6.45, 7) is 32.7. The fourth-order valence-electron chi connectivity index (χ4n) is 11.1. The molecule has 0 bridgehead atoms. The third-order valence-electron chi connectivity index (χ3n) is 16.8. The number of hydrogen-bond acceptors (Lipinski definition) is 13. The van der Waals surface area contributed by atoms with E-state index in [1.54, 1.807) is 109 Å². The van der Waals surface area contributed by atoms with Crippen LogP contribution in [-0.4, -0.2) is 62.9 Å². The minimum Gasteiger partial charge on any atom is -0.495 e. The van der Waals surface area contributed by atoms with E-state index < -0.39 is 58.7 Å². The van der Waals surface area contributed by atoms with E-state index in [2.05, 4.69) is 77.1 Å². The highest BCUT2D eigenvalue weighted by molar-refractivity contribution is 7.16. The molecule has 3 aromatic carbocycles. The number of fused-ring (bicyclic) bond motifs is 3. The zero-order chi connectivity index (χ0) is 84.2. The van der Waals surface area contributed by atoms with Gasteiger partial charge in [-0.3, -0.25) is 29.7 Å². The van der Waals surface area contributed by atoms with Crippen molar-refractivity contribution in [2.24, 2.45) is 7.05 Å². The molecule has 0 amide bonds. The van der Waals surface area contributed by atoms with Crippen molar-refractivity contribution in [3.8, 4) is 11.5 Å². The summed E-state index contributed by atoms with van der Waals surface area (Å²) in [5.74, 6) is -0.823. The first-order chi connectivity index (χ1) is 52.1. The highest BCUT2D eigenvalue weighted by atomic mass is 32.1. The van der Waals surface area contributed by atoms with E-state index in [9.17, 15) is 70.7 Å². The number of nitrogens with zero attached hydrogens (tertiary/aromatic N) is 10. The van der Waals surface area contributed by atoms with Gasteiger partial charge in [0.05, 0.1) is 91.5 Å². The molecule has 0 spiro atoms. The number of ether oxygens (including phenoxy) is 2. The van der Waals surface area contributed by atoms with Crippen LogP contribution in [-0.2, 0) is 31.8 Å². The lowest BCUT2D eigenvalue weighted by atomic mass is 9.98. The average molecular weight is 1600 g/mol. The molecule has 1 aliphatic rings. The number of methoxy groups -OCH3 is 1. The quantitative estimate of drug-likeness (QED) is 0.113. The number of halogens is 15. The van der Waals surface area contributed by atoms with Gasteiger partial charge in [-0.05, 0) is 133 Å². The lowest BCUT2D eigenvalue weighted by molar-refractivity contribution is -0.142. The fourth-order valence-corrected chi connectivity index (χ4v) is 11.8. The maximum atomic E-state index is 13.1. The molecule has 29 heteroatoms. The first-order valence-electron chi connectivity index (χ1n) is 36.0. The van der Waals surface area contributed by atoms with Crippen LogP contribution in [0.15, 0.2) is 139 Å². The van der Waals surface area contributed by atoms with Crippen LogP contribution >= 0.6 is 11.3 Å². The largest absolute Gasteiger partial charge is 0.495 e. The molecule has 0 unspecified atom stereocenters. The van der Waals surface area contributed by atoms with Gasteiger partial charge in [0, 0.05) is 72.7 Å². The Kier molecular flexibility index (Phi) is 33.8. The Balaban J connectivity index is 0.000000229. The first kappa shape index (κ1) is 92.9. The summed E-state index contributed by atoms with van der Waals surface area (Å²) in [7, 11) is 3.32. The Morgan fingerprint density at radius 2 is 1.03 bits per heavy atom. The molecule has 13 nitrogen and oxygen atoms in total. The van der Waals surface area contributed by atoms with Crippen LogP contribution in [0.1, 0.15) is 250 Å². The Bertz CT molecular complexity index is 4910. The van der Waals surface area contributed by atoms with Gasteiger partial charge in [0.15, 0.2) is 17.3 Å². The fraction of sp³-hybridized carbons (Fsp3) is 0.422. The molecule has 8 heterocycles. The topological polar surface area (TPSA) is 156 Å². The number of rotatable bonds is 11. The number of para-hydroxylation sites is 1. The third-order valence-corrected chi connectivity index (χ3v) is 17.6. The Morgan fingerprint density at radius 3 is 1.55 bits per heavy atom. The normalized spacial score (nSPS) is 12.3. The van der Waals surface area contributed by atoms with E-state index in [0.29, 0.717) is 22.8 Å². The standard InChI is InChI=1S/C13H12F3N.C12H14F2O.C12H14N2O.C10H12F3N.C10H11NS.C9H11F3N2.C9H12FNO.C8H9F3N2/c1-8(2)12-11(13(14,15)16)10-6-4-3-5-9(10)7-17-12;1-7(2)9-5-10(13)11(14)6-12(9)15-8-3-4-8;1-8(2)10-6-9-7-13-5-4-11(9)14(3)12(10)15;1-6(2)9-8(10(11,12)13)7(3)4-5-14-9;1-7(2)8-4-3-5-9-10(8)11-6-12-9;1-5(2)8-7(9(10,11)12)4-6(3)13-14-8;1-6(2)9-8(12-3)4-7(10)5-11-9;1-5(2)6-7(8(9,10)11)13-4-3-12-6/h3-8H,1-2H3;5-8H,3-4H2,1-2H3;4-8H,1-3H3;4-6H,1-3H3;3-7H,1-2H3;4-5H,1-3H3;4-6H,1-3H3;3-5H,1-2H3. The predicted octanol–water partition coefficient (Wildman–Crippen LogP) is 24.9. The van der Waals surface area contributed by atoms with Gasteiger partial charge < -0.3 is 14.0 Å². The van der Waals surface area contributed by atoms with E-state index in [0.717, 1.165) is 58.9 Å². The summed E-state index contributed by atoms with van der Waals surface area (Å²) in [5, 5.41) is 8.95. The minimum atomic E-state index is -4.41. The van der Waals surface area contributed by atoms with Gasteiger partial charge in [-0.2, -0.15) is 62.9 Å². The predicted molar refractivity (Wildman–Crippen MR) is 410 cm³/mol. The van der Waals surface area contributed by atoms with Crippen LogP contribution in [0, 0.1) is 31.3 Å². The molecule has 606 valence electrons. The highest BCUT2D eigenvalue weighted by Crippen LogP contribution is 2.41. The van der Waals surface area contributed by atoms with Crippen molar-refractivity contribution in [2.75, 3.05) is 7.11 Å². The first-order valence-corrected chi connectivity index (χ1v) is 36.9. The molecule has 1 aliphatic carbocycles. The second kappa shape index (κ2) is 40.7. The molecule has 0 atom stereocenters. The van der Waals surface area contributed by atoms with Crippen molar-refractivity contribution in [3.63, 3.8) is 0 Å². The molecule has 12 rings (SSSR count). The zero-order valence-corrected chi connectivity index (χ0v) is 66.9. The maximum absolute atomic E-state index is 13.1. The van der Waals surface area contributed by atoms with Crippen molar-refractivity contribution in [1.29, 1.82) is 0 Å². The highest BCUT2D eigenvalue weighted by Gasteiger charge is 2.40. The Morgan fingerprint density at radius 1 is 0.473 bits per heavy atom. The lowest BCUT2D eigenvalue weighted by Crippen LogP contribution is -2.22. The van der Waals surface area contributed by atoms with Crippen LogP contribution in [0.25, 0.3) is 31.9 Å². The van der Waals surface area contributed by atoms with Gasteiger partial charge in [-0.1, -0.05) is 147 Å². The van der Waals surface area contributed by atoms with Crippen molar-refractivity contribution < 1.29 is 75.3 Å². The van der Waals surface area contributed by atoms with Gasteiger partial charge in [0.25, 0.3) is 5.56 Å². The van der Waals surface area contributed by atoms with Crippen molar-refractivity contribution in [3.05, 3.63) is 240 Å². The molecule has 11 aromatic rings. The van der Waals surface area contributed by atoms with Crippen LogP contribution in [0.4, 0.5) is 65.9 Å². The minimum absolute atomic E-state index is 0.00287. The van der Waals surface area contributed by atoms with Gasteiger partial charge in [0.2, 0.25) is 0 Å². The molecule has 0 radical (unpaired) electrons. The average Bonchev–Trinajstić information content (AvgIpc) is 1.01. The van der Waals surface area contributed by atoms with E-state index in [1.165, 1.54) is 85.8 Å².